The molecule has 4 heteroatoms. The Labute approximate surface area is 88.9 Å². The van der Waals surface area contributed by atoms with Gasteiger partial charge in [-0.15, -0.1) is 11.8 Å². The first-order chi connectivity index (χ1) is 6.76. The largest absolute Gasteiger partial charge is 0.395 e. The lowest BCUT2D eigenvalue weighted by molar-refractivity contribution is 0.300. The van der Waals surface area contributed by atoms with Crippen molar-refractivity contribution in [3.8, 4) is 0 Å². The van der Waals surface area contributed by atoms with E-state index >= 15 is 0 Å². The summed E-state index contributed by atoms with van der Waals surface area (Å²) < 4.78 is 0. The highest BCUT2D eigenvalue weighted by molar-refractivity contribution is 7.99. The number of aliphatic hydroxyl groups excluding tert-OH is 1. The summed E-state index contributed by atoms with van der Waals surface area (Å²) in [6.07, 6.45) is 1.86. The van der Waals surface area contributed by atoms with E-state index in [0.717, 1.165) is 11.6 Å². The number of aliphatic hydroxyl groups is 1. The highest BCUT2D eigenvalue weighted by Crippen LogP contribution is 2.20. The lowest BCUT2D eigenvalue weighted by atomic mass is 10.3. The van der Waals surface area contributed by atoms with Gasteiger partial charge in [-0.25, -0.2) is 4.98 Å². The SMILES string of the molecule is CNCc1ccc(SC(C)CO)nc1. The Morgan fingerprint density at radius 3 is 2.86 bits per heavy atom. The van der Waals surface area contributed by atoms with Crippen LogP contribution in [0.2, 0.25) is 0 Å². The maximum absolute atomic E-state index is 8.88. The number of pyridine rings is 1. The molecule has 0 amide bonds. The molecule has 0 saturated heterocycles. The molecule has 0 fully saturated rings. The Morgan fingerprint density at radius 1 is 1.57 bits per heavy atom. The fourth-order valence-electron chi connectivity index (χ4n) is 1.03. The average Bonchev–Trinajstić information content (AvgIpc) is 2.21. The van der Waals surface area contributed by atoms with E-state index in [9.17, 15) is 0 Å². The molecular formula is C10H16N2OS. The average molecular weight is 212 g/mol. The zero-order valence-electron chi connectivity index (χ0n) is 8.53. The van der Waals surface area contributed by atoms with Gasteiger partial charge in [-0.1, -0.05) is 13.0 Å². The fourth-order valence-corrected chi connectivity index (χ4v) is 1.78. The Balaban J connectivity index is 2.54. The van der Waals surface area contributed by atoms with E-state index in [1.807, 2.05) is 26.2 Å². The van der Waals surface area contributed by atoms with Crippen LogP contribution in [-0.4, -0.2) is 29.0 Å². The van der Waals surface area contributed by atoms with Crippen molar-refractivity contribution in [1.29, 1.82) is 0 Å². The predicted molar refractivity (Wildman–Crippen MR) is 59.4 cm³/mol. The third kappa shape index (κ3) is 3.65. The van der Waals surface area contributed by atoms with Crippen LogP contribution in [0.5, 0.6) is 0 Å². The van der Waals surface area contributed by atoms with Gasteiger partial charge in [0.1, 0.15) is 0 Å². The van der Waals surface area contributed by atoms with E-state index in [1.165, 1.54) is 5.56 Å². The van der Waals surface area contributed by atoms with Crippen molar-refractivity contribution in [2.45, 2.75) is 23.7 Å². The first kappa shape index (κ1) is 11.5. The van der Waals surface area contributed by atoms with Crippen LogP contribution in [0.15, 0.2) is 23.4 Å². The molecule has 3 nitrogen and oxygen atoms in total. The minimum Gasteiger partial charge on any atom is -0.395 e. The summed E-state index contributed by atoms with van der Waals surface area (Å²) in [6, 6.07) is 4.04. The highest BCUT2D eigenvalue weighted by atomic mass is 32.2. The second-order valence-corrected chi connectivity index (χ2v) is 4.60. The van der Waals surface area contributed by atoms with Gasteiger partial charge in [-0.05, 0) is 18.7 Å². The Kier molecular flexibility index (Phi) is 4.93. The molecule has 1 aromatic rings. The molecule has 0 radical (unpaired) electrons. The first-order valence-electron chi connectivity index (χ1n) is 4.63. The van der Waals surface area contributed by atoms with Gasteiger partial charge in [0.05, 0.1) is 11.6 Å². The quantitative estimate of drug-likeness (QED) is 0.722. The molecule has 2 N–H and O–H groups in total. The summed E-state index contributed by atoms with van der Waals surface area (Å²) in [5.41, 5.74) is 1.17. The number of rotatable bonds is 5. The molecule has 0 bridgehead atoms. The summed E-state index contributed by atoms with van der Waals surface area (Å²) in [5, 5.41) is 13.1. The lowest BCUT2D eigenvalue weighted by Crippen LogP contribution is -2.06. The second-order valence-electron chi connectivity index (χ2n) is 3.15. The summed E-state index contributed by atoms with van der Waals surface area (Å²) in [7, 11) is 1.91. The number of nitrogens with zero attached hydrogens (tertiary/aromatic N) is 1. The van der Waals surface area contributed by atoms with Crippen molar-refractivity contribution in [1.82, 2.24) is 10.3 Å². The van der Waals surface area contributed by atoms with Crippen molar-refractivity contribution >= 4 is 11.8 Å². The number of hydrogen-bond donors (Lipinski definition) is 2. The highest BCUT2D eigenvalue weighted by Gasteiger charge is 2.03. The molecule has 78 valence electrons. The van der Waals surface area contributed by atoms with Crippen LogP contribution in [0.4, 0.5) is 0 Å². The fraction of sp³-hybridized carbons (Fsp3) is 0.500. The van der Waals surface area contributed by atoms with Gasteiger partial charge in [0.25, 0.3) is 0 Å². The van der Waals surface area contributed by atoms with Crippen molar-refractivity contribution < 1.29 is 5.11 Å². The molecule has 1 heterocycles. The van der Waals surface area contributed by atoms with E-state index in [2.05, 4.69) is 16.4 Å². The molecule has 1 unspecified atom stereocenters. The van der Waals surface area contributed by atoms with Crippen LogP contribution < -0.4 is 5.32 Å². The molecule has 1 aromatic heterocycles. The summed E-state index contributed by atoms with van der Waals surface area (Å²) in [4.78, 5) is 4.30. The van der Waals surface area contributed by atoms with E-state index in [0.29, 0.717) is 0 Å². The van der Waals surface area contributed by atoms with Crippen molar-refractivity contribution in [2.24, 2.45) is 0 Å². The molecule has 14 heavy (non-hydrogen) atoms. The standard InChI is InChI=1S/C10H16N2OS/c1-8(7-13)14-10-4-3-9(5-11-2)6-12-10/h3-4,6,8,11,13H,5,7H2,1-2H3. The summed E-state index contributed by atoms with van der Waals surface area (Å²) in [6.45, 7) is 3.01. The topological polar surface area (TPSA) is 45.1 Å². The monoisotopic (exact) mass is 212 g/mol. The van der Waals surface area contributed by atoms with Gasteiger partial charge in [0.15, 0.2) is 0 Å². The van der Waals surface area contributed by atoms with Crippen LogP contribution in [0.1, 0.15) is 12.5 Å². The Bertz CT molecular complexity index is 263. The third-order valence-electron chi connectivity index (χ3n) is 1.76. The molecule has 0 aliphatic carbocycles. The maximum Gasteiger partial charge on any atom is 0.0963 e. The second kappa shape index (κ2) is 6.01. The predicted octanol–water partition coefficient (Wildman–Crippen LogP) is 1.27. The number of thioether (sulfide) groups is 1. The van der Waals surface area contributed by atoms with Crippen molar-refractivity contribution in [2.75, 3.05) is 13.7 Å². The van der Waals surface area contributed by atoms with Crippen molar-refractivity contribution in [3.63, 3.8) is 0 Å². The van der Waals surface area contributed by atoms with Gasteiger partial charge >= 0.3 is 0 Å². The van der Waals surface area contributed by atoms with E-state index < -0.39 is 0 Å². The molecule has 0 spiro atoms. The molecule has 0 aliphatic rings. The number of hydrogen-bond acceptors (Lipinski definition) is 4. The van der Waals surface area contributed by atoms with E-state index in [4.69, 9.17) is 5.11 Å². The Morgan fingerprint density at radius 2 is 2.36 bits per heavy atom. The molecular weight excluding hydrogens is 196 g/mol. The third-order valence-corrected chi connectivity index (χ3v) is 2.79. The smallest absolute Gasteiger partial charge is 0.0963 e. The molecule has 0 aromatic carbocycles. The van der Waals surface area contributed by atoms with Crippen LogP contribution in [0.3, 0.4) is 0 Å². The molecule has 0 aliphatic heterocycles. The Hall–Kier alpha value is -0.580. The number of aromatic nitrogens is 1. The molecule has 1 rings (SSSR count). The van der Waals surface area contributed by atoms with E-state index in [1.54, 1.807) is 11.8 Å². The lowest BCUT2D eigenvalue weighted by Gasteiger charge is -2.06. The normalized spacial score (nSPS) is 12.8. The van der Waals surface area contributed by atoms with Gasteiger partial charge in [-0.2, -0.15) is 0 Å². The van der Waals surface area contributed by atoms with E-state index in [-0.39, 0.29) is 11.9 Å². The molecule has 0 saturated carbocycles. The minimum absolute atomic E-state index is 0.185. The zero-order valence-corrected chi connectivity index (χ0v) is 9.34. The summed E-state index contributed by atoms with van der Waals surface area (Å²) >= 11 is 1.59. The summed E-state index contributed by atoms with van der Waals surface area (Å²) in [5.74, 6) is 0. The molecule has 1 atom stereocenters. The van der Waals surface area contributed by atoms with Crippen LogP contribution in [0, 0.1) is 0 Å². The first-order valence-corrected chi connectivity index (χ1v) is 5.51. The van der Waals surface area contributed by atoms with Crippen LogP contribution >= 0.6 is 11.8 Å². The van der Waals surface area contributed by atoms with Gasteiger partial charge in [0, 0.05) is 18.0 Å². The van der Waals surface area contributed by atoms with Gasteiger partial charge < -0.3 is 10.4 Å². The van der Waals surface area contributed by atoms with Gasteiger partial charge in [0.2, 0.25) is 0 Å². The maximum atomic E-state index is 8.88. The van der Waals surface area contributed by atoms with Gasteiger partial charge in [-0.3, -0.25) is 0 Å². The van der Waals surface area contributed by atoms with Crippen LogP contribution in [0.25, 0.3) is 0 Å². The van der Waals surface area contributed by atoms with Crippen molar-refractivity contribution in [3.05, 3.63) is 23.9 Å². The zero-order chi connectivity index (χ0) is 10.4. The number of nitrogens with one attached hydrogen (secondary N) is 1. The minimum atomic E-state index is 0.185. The van der Waals surface area contributed by atoms with Crippen LogP contribution in [-0.2, 0) is 6.54 Å².